The van der Waals surface area contributed by atoms with Crippen molar-refractivity contribution in [2.45, 2.75) is 17.3 Å². The predicted molar refractivity (Wildman–Crippen MR) is 49.2 cm³/mol. The van der Waals surface area contributed by atoms with Crippen LogP contribution >= 0.6 is 34.1 Å². The van der Waals surface area contributed by atoms with Crippen LogP contribution in [0, 0.1) is 0 Å². The molecule has 0 saturated heterocycles. The molecule has 0 aliphatic rings. The summed E-state index contributed by atoms with van der Waals surface area (Å²) in [6.45, 7) is 4.36. The number of halogens is 1. The number of rotatable bonds is 1. The maximum absolute atomic E-state index is 4.03. The lowest BCUT2D eigenvalue weighted by molar-refractivity contribution is 0.848. The maximum Gasteiger partial charge on any atom is 0.0523 e. The first-order chi connectivity index (χ1) is 4.11. The number of nitrogens with zero attached hydrogens (tertiary/aromatic N) is 1. The molecule has 50 valence electrons. The lowest BCUT2D eigenvalue weighted by Gasteiger charge is -2.11. The van der Waals surface area contributed by atoms with Gasteiger partial charge in [-0.15, -0.1) is 0 Å². The fourth-order valence-corrected chi connectivity index (χ4v) is 1.57. The Balaban J connectivity index is 2.90. The van der Waals surface area contributed by atoms with E-state index in [0.717, 1.165) is 0 Å². The fraction of sp³-hybridized carbons (Fsp3) is 0.500. The number of alkyl halides is 1. The van der Waals surface area contributed by atoms with Crippen LogP contribution in [0.5, 0.6) is 0 Å². The molecule has 0 aromatic carbocycles. The highest BCUT2D eigenvalue weighted by atomic mass is 127. The summed E-state index contributed by atoms with van der Waals surface area (Å²) in [7, 11) is 0. The van der Waals surface area contributed by atoms with E-state index in [-0.39, 0.29) is 3.42 Å². The third-order valence-corrected chi connectivity index (χ3v) is 3.04. The van der Waals surface area contributed by atoms with Crippen molar-refractivity contribution in [2.24, 2.45) is 0 Å². The van der Waals surface area contributed by atoms with E-state index in [1.807, 2.05) is 6.20 Å². The molecule has 1 rings (SSSR count). The van der Waals surface area contributed by atoms with Gasteiger partial charge in [0.25, 0.3) is 0 Å². The van der Waals surface area contributed by atoms with Gasteiger partial charge in [-0.2, -0.15) is 0 Å². The summed E-state index contributed by atoms with van der Waals surface area (Å²) in [6, 6.07) is 2.07. The molecule has 0 amide bonds. The van der Waals surface area contributed by atoms with E-state index < -0.39 is 0 Å². The van der Waals surface area contributed by atoms with Gasteiger partial charge in [0.1, 0.15) is 0 Å². The van der Waals surface area contributed by atoms with Crippen LogP contribution in [0.4, 0.5) is 0 Å². The zero-order valence-electron chi connectivity index (χ0n) is 5.39. The molecule has 0 atom stereocenters. The Hall–Kier alpha value is 0.360. The van der Waals surface area contributed by atoms with Crippen molar-refractivity contribution in [1.82, 2.24) is 4.37 Å². The maximum atomic E-state index is 4.03. The molecule has 0 radical (unpaired) electrons. The standard InChI is InChI=1S/C6H8INS/c1-6(2,7)5-3-4-8-9-5/h3-4H,1-2H3. The van der Waals surface area contributed by atoms with E-state index in [2.05, 4.69) is 46.9 Å². The summed E-state index contributed by atoms with van der Waals surface area (Å²) in [5.74, 6) is 0. The van der Waals surface area contributed by atoms with E-state index in [9.17, 15) is 0 Å². The van der Waals surface area contributed by atoms with Gasteiger partial charge >= 0.3 is 0 Å². The van der Waals surface area contributed by atoms with Gasteiger partial charge in [-0.3, -0.25) is 0 Å². The van der Waals surface area contributed by atoms with Gasteiger partial charge in [0.15, 0.2) is 0 Å². The van der Waals surface area contributed by atoms with Crippen molar-refractivity contribution in [3.63, 3.8) is 0 Å². The lowest BCUT2D eigenvalue weighted by atomic mass is 10.2. The minimum absolute atomic E-state index is 0.249. The van der Waals surface area contributed by atoms with E-state index in [4.69, 9.17) is 0 Å². The summed E-state index contributed by atoms with van der Waals surface area (Å²) >= 11 is 3.98. The van der Waals surface area contributed by atoms with Crippen molar-refractivity contribution in [2.75, 3.05) is 0 Å². The molecule has 0 saturated carbocycles. The van der Waals surface area contributed by atoms with Crippen molar-refractivity contribution < 1.29 is 0 Å². The number of hydrogen-bond acceptors (Lipinski definition) is 2. The monoisotopic (exact) mass is 253 g/mol. The molecule has 0 aliphatic heterocycles. The topological polar surface area (TPSA) is 12.9 Å². The molecule has 0 aliphatic carbocycles. The second kappa shape index (κ2) is 2.54. The predicted octanol–water partition coefficient (Wildman–Crippen LogP) is 2.81. The second-order valence-electron chi connectivity index (χ2n) is 2.35. The summed E-state index contributed by atoms with van der Waals surface area (Å²) in [4.78, 5) is 1.34. The molecule has 0 bridgehead atoms. The SMILES string of the molecule is CC(C)(I)c1ccns1. The van der Waals surface area contributed by atoms with Crippen LogP contribution in [0.3, 0.4) is 0 Å². The second-order valence-corrected chi connectivity index (χ2v) is 5.88. The molecule has 0 unspecified atom stereocenters. The van der Waals surface area contributed by atoms with Crippen molar-refractivity contribution >= 4 is 34.1 Å². The van der Waals surface area contributed by atoms with Crippen LogP contribution in [0.1, 0.15) is 18.7 Å². The van der Waals surface area contributed by atoms with Gasteiger partial charge in [0, 0.05) is 11.1 Å². The third kappa shape index (κ3) is 1.89. The van der Waals surface area contributed by atoms with Crippen molar-refractivity contribution in [1.29, 1.82) is 0 Å². The Morgan fingerprint density at radius 2 is 2.33 bits per heavy atom. The van der Waals surface area contributed by atoms with Gasteiger partial charge < -0.3 is 0 Å². The molecular formula is C6H8INS. The molecule has 9 heavy (non-hydrogen) atoms. The molecule has 3 heteroatoms. The first-order valence-corrected chi connectivity index (χ1v) is 4.56. The highest BCUT2D eigenvalue weighted by Crippen LogP contribution is 2.32. The first-order valence-electron chi connectivity index (χ1n) is 2.71. The van der Waals surface area contributed by atoms with Gasteiger partial charge in [-0.05, 0) is 31.4 Å². The highest BCUT2D eigenvalue weighted by molar-refractivity contribution is 14.1. The number of aromatic nitrogens is 1. The van der Waals surface area contributed by atoms with Gasteiger partial charge in [0.05, 0.1) is 3.42 Å². The highest BCUT2D eigenvalue weighted by Gasteiger charge is 2.16. The molecule has 0 fully saturated rings. The van der Waals surface area contributed by atoms with Crippen LogP contribution in [0.2, 0.25) is 0 Å². The molecule has 1 nitrogen and oxygen atoms in total. The minimum atomic E-state index is 0.249. The molecule has 0 N–H and O–H groups in total. The summed E-state index contributed by atoms with van der Waals surface area (Å²) < 4.78 is 4.27. The molecule has 1 aromatic heterocycles. The Labute approximate surface area is 72.8 Å². The molecule has 1 heterocycles. The van der Waals surface area contributed by atoms with Crippen molar-refractivity contribution in [3.8, 4) is 0 Å². The largest absolute Gasteiger partial charge is 0.201 e. The Kier molecular flexibility index (Phi) is 2.10. The summed E-state index contributed by atoms with van der Waals surface area (Å²) in [5, 5.41) is 0. The van der Waals surface area contributed by atoms with Crippen LogP contribution in [0.15, 0.2) is 12.3 Å². The Morgan fingerprint density at radius 1 is 1.67 bits per heavy atom. The summed E-state index contributed by atoms with van der Waals surface area (Å²) in [6.07, 6.45) is 1.85. The van der Waals surface area contributed by atoms with Crippen molar-refractivity contribution in [3.05, 3.63) is 17.1 Å². The Morgan fingerprint density at radius 3 is 2.56 bits per heavy atom. The quantitative estimate of drug-likeness (QED) is 0.554. The van der Waals surface area contributed by atoms with Crippen LogP contribution < -0.4 is 0 Å². The van der Waals surface area contributed by atoms with Gasteiger partial charge in [0.2, 0.25) is 0 Å². The molecule has 1 aromatic rings. The first kappa shape index (κ1) is 7.47. The zero-order valence-corrected chi connectivity index (χ0v) is 8.36. The van der Waals surface area contributed by atoms with E-state index in [1.54, 1.807) is 11.5 Å². The van der Waals surface area contributed by atoms with Gasteiger partial charge in [-0.1, -0.05) is 22.6 Å². The van der Waals surface area contributed by atoms with E-state index >= 15 is 0 Å². The normalized spacial score (nSPS) is 11.9. The zero-order chi connectivity index (χ0) is 6.91. The average molecular weight is 253 g/mol. The minimum Gasteiger partial charge on any atom is -0.201 e. The van der Waals surface area contributed by atoms with Crippen LogP contribution in [-0.2, 0) is 3.42 Å². The Bertz CT molecular complexity index is 175. The molecule has 0 spiro atoms. The third-order valence-electron chi connectivity index (χ3n) is 1.02. The molecular weight excluding hydrogens is 245 g/mol. The van der Waals surface area contributed by atoms with Crippen LogP contribution in [-0.4, -0.2) is 4.37 Å². The smallest absolute Gasteiger partial charge is 0.0523 e. The van der Waals surface area contributed by atoms with Crippen LogP contribution in [0.25, 0.3) is 0 Å². The number of hydrogen-bond donors (Lipinski definition) is 0. The van der Waals surface area contributed by atoms with E-state index in [1.165, 1.54) is 4.88 Å². The average Bonchev–Trinajstić information content (AvgIpc) is 2.08. The summed E-state index contributed by atoms with van der Waals surface area (Å²) in [5.41, 5.74) is 0. The fourth-order valence-electron chi connectivity index (χ4n) is 0.522. The van der Waals surface area contributed by atoms with Gasteiger partial charge in [-0.25, -0.2) is 4.37 Å². The van der Waals surface area contributed by atoms with E-state index in [0.29, 0.717) is 0 Å². The lowest BCUT2D eigenvalue weighted by Crippen LogP contribution is -2.02.